The van der Waals surface area contributed by atoms with Crippen LogP contribution >= 0.6 is 0 Å². The van der Waals surface area contributed by atoms with Crippen LogP contribution < -0.4 is 0 Å². The van der Waals surface area contributed by atoms with Crippen molar-refractivity contribution in [1.82, 2.24) is 0 Å². The molecule has 1 saturated carbocycles. The van der Waals surface area contributed by atoms with E-state index in [1.165, 1.54) is 0 Å². The van der Waals surface area contributed by atoms with E-state index >= 15 is 0 Å². The molecule has 0 aromatic heterocycles. The first-order valence-corrected chi connectivity index (χ1v) is 4.06. The molecule has 1 aliphatic rings. The van der Waals surface area contributed by atoms with Crippen molar-refractivity contribution in [2.45, 2.75) is 40.0 Å². The van der Waals surface area contributed by atoms with Crippen molar-refractivity contribution in [2.75, 3.05) is 0 Å². The van der Waals surface area contributed by atoms with Crippen LogP contribution in [0.1, 0.15) is 40.0 Å². The Bertz CT molecular complexity index is 149. The minimum Gasteiger partial charge on any atom is -0.300 e. The minimum absolute atomic E-state index is 0.317. The van der Waals surface area contributed by atoms with E-state index in [0.29, 0.717) is 17.1 Å². The Labute approximate surface area is 62.8 Å². The Morgan fingerprint density at radius 2 is 2.10 bits per heavy atom. The molecule has 0 N–H and O–H groups in total. The van der Waals surface area contributed by atoms with Gasteiger partial charge in [-0.25, -0.2) is 0 Å². The van der Waals surface area contributed by atoms with Crippen LogP contribution in [-0.2, 0) is 4.79 Å². The maximum Gasteiger partial charge on any atom is 0.133 e. The van der Waals surface area contributed by atoms with E-state index in [2.05, 4.69) is 20.8 Å². The van der Waals surface area contributed by atoms with Crippen molar-refractivity contribution in [2.24, 2.45) is 11.3 Å². The van der Waals surface area contributed by atoms with E-state index in [1.807, 2.05) is 0 Å². The summed E-state index contributed by atoms with van der Waals surface area (Å²) in [5, 5.41) is 0. The van der Waals surface area contributed by atoms with Gasteiger partial charge in [0.1, 0.15) is 5.78 Å². The molecule has 0 unspecified atom stereocenters. The molecule has 0 saturated heterocycles. The standard InChI is InChI=1S/C9H16O/c1-7(2)9(3)5-4-8(10)6-9/h7H,4-6H2,1-3H3/t9-/m1/s1. The fraction of sp³-hybridized carbons (Fsp3) is 0.889. The molecule has 0 bridgehead atoms. The van der Waals surface area contributed by atoms with Gasteiger partial charge in [0.15, 0.2) is 0 Å². The molecule has 1 rings (SSSR count). The predicted octanol–water partition coefficient (Wildman–Crippen LogP) is 2.40. The fourth-order valence-corrected chi connectivity index (χ4v) is 1.54. The largest absolute Gasteiger partial charge is 0.300 e. The lowest BCUT2D eigenvalue weighted by Gasteiger charge is -2.26. The first kappa shape index (κ1) is 7.77. The summed E-state index contributed by atoms with van der Waals surface area (Å²) in [4.78, 5) is 11.0. The average Bonchev–Trinajstić information content (AvgIpc) is 2.13. The van der Waals surface area contributed by atoms with E-state index in [1.54, 1.807) is 0 Å². The topological polar surface area (TPSA) is 17.1 Å². The number of carbonyl (C=O) groups excluding carboxylic acids is 1. The van der Waals surface area contributed by atoms with E-state index in [9.17, 15) is 4.79 Å². The third-order valence-corrected chi connectivity index (χ3v) is 2.97. The molecule has 1 heteroatoms. The first-order valence-electron chi connectivity index (χ1n) is 4.06. The van der Waals surface area contributed by atoms with Gasteiger partial charge in [0.2, 0.25) is 0 Å². The Balaban J connectivity index is 2.63. The maximum atomic E-state index is 11.0. The summed E-state index contributed by atoms with van der Waals surface area (Å²) in [7, 11) is 0. The summed E-state index contributed by atoms with van der Waals surface area (Å²) in [6.45, 7) is 6.64. The number of hydrogen-bond acceptors (Lipinski definition) is 1. The van der Waals surface area contributed by atoms with Gasteiger partial charge in [0.05, 0.1) is 0 Å². The lowest BCUT2D eigenvalue weighted by Crippen LogP contribution is -2.19. The SMILES string of the molecule is CC(C)[C@]1(C)CCC(=O)C1. The average molecular weight is 140 g/mol. The van der Waals surface area contributed by atoms with Crippen LogP contribution in [0.3, 0.4) is 0 Å². The Morgan fingerprint density at radius 3 is 2.30 bits per heavy atom. The summed E-state index contributed by atoms with van der Waals surface area (Å²) in [5.74, 6) is 1.11. The predicted molar refractivity (Wildman–Crippen MR) is 41.8 cm³/mol. The zero-order valence-electron chi connectivity index (χ0n) is 7.11. The molecule has 58 valence electrons. The van der Waals surface area contributed by atoms with E-state index in [-0.39, 0.29) is 0 Å². The molecule has 0 aliphatic heterocycles. The highest BCUT2D eigenvalue weighted by molar-refractivity contribution is 5.81. The third kappa shape index (κ3) is 1.23. The molecule has 0 amide bonds. The summed E-state index contributed by atoms with van der Waals surface area (Å²) in [6.07, 6.45) is 2.73. The van der Waals surface area contributed by atoms with Gasteiger partial charge in [-0.3, -0.25) is 4.79 Å². The number of rotatable bonds is 1. The first-order chi connectivity index (χ1) is 4.54. The zero-order chi connectivity index (χ0) is 7.78. The number of carbonyl (C=O) groups is 1. The van der Waals surface area contributed by atoms with Crippen LogP contribution in [0.15, 0.2) is 0 Å². The van der Waals surface area contributed by atoms with Gasteiger partial charge in [-0.15, -0.1) is 0 Å². The monoisotopic (exact) mass is 140 g/mol. The Morgan fingerprint density at radius 1 is 1.50 bits per heavy atom. The highest BCUT2D eigenvalue weighted by Gasteiger charge is 2.36. The third-order valence-electron chi connectivity index (χ3n) is 2.97. The van der Waals surface area contributed by atoms with Crippen molar-refractivity contribution >= 4 is 5.78 Å². The van der Waals surface area contributed by atoms with Gasteiger partial charge in [0.25, 0.3) is 0 Å². The van der Waals surface area contributed by atoms with Crippen molar-refractivity contribution in [3.8, 4) is 0 Å². The Hall–Kier alpha value is -0.330. The molecule has 0 aromatic rings. The van der Waals surface area contributed by atoms with Gasteiger partial charge < -0.3 is 0 Å². The van der Waals surface area contributed by atoms with Crippen LogP contribution in [0.2, 0.25) is 0 Å². The molecule has 0 spiro atoms. The molecule has 0 aromatic carbocycles. The van der Waals surface area contributed by atoms with E-state index in [0.717, 1.165) is 19.3 Å². The van der Waals surface area contributed by atoms with Crippen LogP contribution in [0.5, 0.6) is 0 Å². The lowest BCUT2D eigenvalue weighted by molar-refractivity contribution is -0.118. The van der Waals surface area contributed by atoms with Crippen LogP contribution in [0, 0.1) is 11.3 Å². The molecule has 1 fully saturated rings. The second-order valence-electron chi connectivity index (χ2n) is 4.02. The van der Waals surface area contributed by atoms with Gasteiger partial charge in [-0.05, 0) is 17.8 Å². The molecule has 0 heterocycles. The van der Waals surface area contributed by atoms with Gasteiger partial charge >= 0.3 is 0 Å². The molecule has 1 nitrogen and oxygen atoms in total. The second kappa shape index (κ2) is 2.37. The quantitative estimate of drug-likeness (QED) is 0.546. The van der Waals surface area contributed by atoms with Crippen LogP contribution in [-0.4, -0.2) is 5.78 Å². The molecule has 1 aliphatic carbocycles. The smallest absolute Gasteiger partial charge is 0.133 e. The van der Waals surface area contributed by atoms with E-state index < -0.39 is 0 Å². The van der Waals surface area contributed by atoms with Crippen molar-refractivity contribution in [3.63, 3.8) is 0 Å². The van der Waals surface area contributed by atoms with Gasteiger partial charge in [0, 0.05) is 12.8 Å². The van der Waals surface area contributed by atoms with Crippen LogP contribution in [0.25, 0.3) is 0 Å². The molecule has 0 radical (unpaired) electrons. The lowest BCUT2D eigenvalue weighted by atomic mass is 9.78. The van der Waals surface area contributed by atoms with Crippen LogP contribution in [0.4, 0.5) is 0 Å². The summed E-state index contributed by atoms with van der Waals surface area (Å²) in [6, 6.07) is 0. The highest BCUT2D eigenvalue weighted by atomic mass is 16.1. The fourth-order valence-electron chi connectivity index (χ4n) is 1.54. The van der Waals surface area contributed by atoms with Gasteiger partial charge in [-0.1, -0.05) is 20.8 Å². The summed E-state index contributed by atoms with van der Waals surface area (Å²) >= 11 is 0. The summed E-state index contributed by atoms with van der Waals surface area (Å²) < 4.78 is 0. The minimum atomic E-state index is 0.317. The van der Waals surface area contributed by atoms with Crippen molar-refractivity contribution in [1.29, 1.82) is 0 Å². The normalized spacial score (nSPS) is 33.8. The zero-order valence-corrected chi connectivity index (χ0v) is 7.11. The summed E-state index contributed by atoms with van der Waals surface area (Å²) in [5.41, 5.74) is 0.317. The molecular formula is C9H16O. The Kier molecular flexibility index (Phi) is 1.84. The highest BCUT2D eigenvalue weighted by Crippen LogP contribution is 2.41. The van der Waals surface area contributed by atoms with Crippen molar-refractivity contribution in [3.05, 3.63) is 0 Å². The molecule has 1 atom stereocenters. The van der Waals surface area contributed by atoms with E-state index in [4.69, 9.17) is 0 Å². The maximum absolute atomic E-state index is 11.0. The molecule has 10 heavy (non-hydrogen) atoms. The number of ketones is 1. The van der Waals surface area contributed by atoms with Gasteiger partial charge in [-0.2, -0.15) is 0 Å². The van der Waals surface area contributed by atoms with Crippen molar-refractivity contribution < 1.29 is 4.79 Å². The molecular weight excluding hydrogens is 124 g/mol. The second-order valence-corrected chi connectivity index (χ2v) is 4.02. The number of Topliss-reactive ketones (excluding diaryl/α,β-unsaturated/α-hetero) is 1. The number of hydrogen-bond donors (Lipinski definition) is 0.